The highest BCUT2D eigenvalue weighted by Gasteiger charge is 2.27. The number of nitrogens with zero attached hydrogens (tertiary/aromatic N) is 3. The molecule has 0 radical (unpaired) electrons. The number of hydrogen-bond acceptors (Lipinski definition) is 5. The highest BCUT2D eigenvalue weighted by molar-refractivity contribution is 7.91. The van der Waals surface area contributed by atoms with Gasteiger partial charge in [0, 0.05) is 18.4 Å². The molecule has 0 saturated carbocycles. The molecular formula is C13H16N4O2S. The molecule has 0 spiro atoms. The maximum atomic E-state index is 11.4. The van der Waals surface area contributed by atoms with Crippen molar-refractivity contribution in [3.8, 4) is 5.82 Å². The first-order valence-corrected chi connectivity index (χ1v) is 8.29. The first-order chi connectivity index (χ1) is 9.53. The predicted molar refractivity (Wildman–Crippen MR) is 76.8 cm³/mol. The zero-order valence-electron chi connectivity index (χ0n) is 11.2. The SMILES string of the molecule is Cc1nccn1-c1ccc(NC2CCS(=O)(=O)C2)cn1. The van der Waals surface area contributed by atoms with Crippen LogP contribution < -0.4 is 5.32 Å². The van der Waals surface area contributed by atoms with Crippen LogP contribution in [0, 0.1) is 6.92 Å². The summed E-state index contributed by atoms with van der Waals surface area (Å²) in [6.45, 7) is 1.91. The second-order valence-electron chi connectivity index (χ2n) is 4.99. The van der Waals surface area contributed by atoms with E-state index in [0.29, 0.717) is 6.42 Å². The molecule has 1 atom stereocenters. The number of nitrogens with one attached hydrogen (secondary N) is 1. The van der Waals surface area contributed by atoms with Crippen molar-refractivity contribution in [1.29, 1.82) is 0 Å². The van der Waals surface area contributed by atoms with Gasteiger partial charge in [0.25, 0.3) is 0 Å². The molecule has 7 heteroatoms. The molecular weight excluding hydrogens is 276 g/mol. The third-order valence-corrected chi connectivity index (χ3v) is 5.19. The number of sulfone groups is 1. The number of anilines is 1. The summed E-state index contributed by atoms with van der Waals surface area (Å²) in [4.78, 5) is 8.53. The van der Waals surface area contributed by atoms with Crippen LogP contribution in [0.4, 0.5) is 5.69 Å². The van der Waals surface area contributed by atoms with E-state index in [4.69, 9.17) is 0 Å². The van der Waals surface area contributed by atoms with Crippen LogP contribution >= 0.6 is 0 Å². The summed E-state index contributed by atoms with van der Waals surface area (Å²) in [5.74, 6) is 2.14. The van der Waals surface area contributed by atoms with Crippen molar-refractivity contribution in [2.24, 2.45) is 0 Å². The Balaban J connectivity index is 1.73. The normalized spacial score (nSPS) is 20.9. The van der Waals surface area contributed by atoms with Gasteiger partial charge in [-0.05, 0) is 25.5 Å². The van der Waals surface area contributed by atoms with Gasteiger partial charge in [-0.15, -0.1) is 0 Å². The Morgan fingerprint density at radius 1 is 1.35 bits per heavy atom. The summed E-state index contributed by atoms with van der Waals surface area (Å²) in [6, 6.07) is 3.79. The zero-order valence-corrected chi connectivity index (χ0v) is 12.0. The van der Waals surface area contributed by atoms with E-state index in [2.05, 4.69) is 15.3 Å². The molecule has 3 rings (SSSR count). The van der Waals surface area contributed by atoms with E-state index in [-0.39, 0.29) is 17.5 Å². The molecule has 1 fully saturated rings. The lowest BCUT2D eigenvalue weighted by atomic mass is 10.2. The van der Waals surface area contributed by atoms with Crippen molar-refractivity contribution in [3.05, 3.63) is 36.5 Å². The number of imidazole rings is 1. The average molecular weight is 292 g/mol. The zero-order chi connectivity index (χ0) is 14.2. The Hall–Kier alpha value is -1.89. The highest BCUT2D eigenvalue weighted by atomic mass is 32.2. The molecule has 0 amide bonds. The quantitative estimate of drug-likeness (QED) is 0.919. The minimum atomic E-state index is -2.86. The summed E-state index contributed by atoms with van der Waals surface area (Å²) < 4.78 is 24.7. The van der Waals surface area contributed by atoms with E-state index in [0.717, 1.165) is 17.3 Å². The van der Waals surface area contributed by atoms with Crippen molar-refractivity contribution in [2.75, 3.05) is 16.8 Å². The number of aromatic nitrogens is 3. The smallest absolute Gasteiger partial charge is 0.152 e. The van der Waals surface area contributed by atoms with E-state index in [1.165, 1.54) is 0 Å². The molecule has 0 bridgehead atoms. The molecule has 106 valence electrons. The van der Waals surface area contributed by atoms with Crippen molar-refractivity contribution in [3.63, 3.8) is 0 Å². The molecule has 6 nitrogen and oxygen atoms in total. The lowest BCUT2D eigenvalue weighted by Gasteiger charge is -2.12. The summed E-state index contributed by atoms with van der Waals surface area (Å²) in [5, 5.41) is 3.22. The van der Waals surface area contributed by atoms with E-state index >= 15 is 0 Å². The maximum Gasteiger partial charge on any atom is 0.152 e. The molecule has 1 aliphatic heterocycles. The molecule has 2 aromatic heterocycles. The first-order valence-electron chi connectivity index (χ1n) is 6.47. The number of hydrogen-bond donors (Lipinski definition) is 1. The monoisotopic (exact) mass is 292 g/mol. The minimum Gasteiger partial charge on any atom is -0.380 e. The van der Waals surface area contributed by atoms with Crippen LogP contribution in [0.3, 0.4) is 0 Å². The lowest BCUT2D eigenvalue weighted by molar-refractivity contribution is 0.602. The molecule has 1 aliphatic rings. The highest BCUT2D eigenvalue weighted by Crippen LogP contribution is 2.18. The van der Waals surface area contributed by atoms with Gasteiger partial charge < -0.3 is 5.32 Å². The van der Waals surface area contributed by atoms with Crippen LogP contribution in [0.1, 0.15) is 12.2 Å². The van der Waals surface area contributed by atoms with Crippen LogP contribution in [0.25, 0.3) is 5.82 Å². The Morgan fingerprint density at radius 3 is 2.75 bits per heavy atom. The van der Waals surface area contributed by atoms with Crippen molar-refractivity contribution < 1.29 is 8.42 Å². The van der Waals surface area contributed by atoms with Crippen LogP contribution in [0.5, 0.6) is 0 Å². The van der Waals surface area contributed by atoms with E-state index in [1.54, 1.807) is 12.4 Å². The molecule has 3 heterocycles. The first kappa shape index (κ1) is 13.1. The number of rotatable bonds is 3. The van der Waals surface area contributed by atoms with Gasteiger partial charge in [-0.2, -0.15) is 0 Å². The van der Waals surface area contributed by atoms with Crippen molar-refractivity contribution in [2.45, 2.75) is 19.4 Å². The van der Waals surface area contributed by atoms with Gasteiger partial charge in [-0.1, -0.05) is 0 Å². The molecule has 1 saturated heterocycles. The van der Waals surface area contributed by atoms with Crippen LogP contribution in [-0.2, 0) is 9.84 Å². The second kappa shape index (κ2) is 4.90. The standard InChI is InChI=1S/C13H16N4O2S/c1-10-14-5-6-17(10)13-3-2-11(8-15-13)16-12-4-7-20(18,19)9-12/h2-3,5-6,8,12,16H,4,7,9H2,1H3. The maximum absolute atomic E-state index is 11.4. The molecule has 0 aromatic carbocycles. The van der Waals surface area contributed by atoms with Crippen molar-refractivity contribution in [1.82, 2.24) is 14.5 Å². The summed E-state index contributed by atoms with van der Waals surface area (Å²) in [6.07, 6.45) is 5.96. The van der Waals surface area contributed by atoms with Crippen LogP contribution in [0.2, 0.25) is 0 Å². The fraction of sp³-hybridized carbons (Fsp3) is 0.385. The van der Waals surface area contributed by atoms with Gasteiger partial charge in [-0.3, -0.25) is 4.57 Å². The van der Waals surface area contributed by atoms with Gasteiger partial charge in [0.2, 0.25) is 0 Å². The third kappa shape index (κ3) is 2.67. The van der Waals surface area contributed by atoms with Gasteiger partial charge in [-0.25, -0.2) is 18.4 Å². The van der Waals surface area contributed by atoms with E-state index in [1.807, 2.05) is 29.8 Å². The summed E-state index contributed by atoms with van der Waals surface area (Å²) >= 11 is 0. The third-order valence-electron chi connectivity index (χ3n) is 3.42. The largest absolute Gasteiger partial charge is 0.380 e. The second-order valence-corrected chi connectivity index (χ2v) is 7.22. The summed E-state index contributed by atoms with van der Waals surface area (Å²) in [7, 11) is -2.86. The Kier molecular flexibility index (Phi) is 3.21. The molecule has 1 N–H and O–H groups in total. The van der Waals surface area contributed by atoms with Gasteiger partial charge in [0.15, 0.2) is 9.84 Å². The van der Waals surface area contributed by atoms with E-state index in [9.17, 15) is 8.42 Å². The Bertz CT molecular complexity index is 706. The topological polar surface area (TPSA) is 76.9 Å². The van der Waals surface area contributed by atoms with Crippen molar-refractivity contribution >= 4 is 15.5 Å². The number of pyridine rings is 1. The molecule has 2 aromatic rings. The van der Waals surface area contributed by atoms with Gasteiger partial charge in [0.1, 0.15) is 11.6 Å². The number of aryl methyl sites for hydroxylation is 1. The van der Waals surface area contributed by atoms with E-state index < -0.39 is 9.84 Å². The molecule has 20 heavy (non-hydrogen) atoms. The van der Waals surface area contributed by atoms with Gasteiger partial charge >= 0.3 is 0 Å². The van der Waals surface area contributed by atoms with Crippen LogP contribution in [0.15, 0.2) is 30.7 Å². The Labute approximate surface area is 117 Å². The molecule has 0 aliphatic carbocycles. The minimum absolute atomic E-state index is 0.0115. The molecule has 1 unspecified atom stereocenters. The Morgan fingerprint density at radius 2 is 2.20 bits per heavy atom. The summed E-state index contributed by atoms with van der Waals surface area (Å²) in [5.41, 5.74) is 0.841. The lowest BCUT2D eigenvalue weighted by Crippen LogP contribution is -2.20. The predicted octanol–water partition coefficient (Wildman–Crippen LogP) is 1.17. The fourth-order valence-electron chi connectivity index (χ4n) is 2.38. The fourth-order valence-corrected chi connectivity index (χ4v) is 4.05. The average Bonchev–Trinajstić information content (AvgIpc) is 2.97. The van der Waals surface area contributed by atoms with Gasteiger partial charge in [0.05, 0.1) is 23.4 Å². The van der Waals surface area contributed by atoms with Crippen LogP contribution in [-0.4, -0.2) is 40.5 Å².